The van der Waals surface area contributed by atoms with Gasteiger partial charge in [-0.2, -0.15) is 0 Å². The summed E-state index contributed by atoms with van der Waals surface area (Å²) in [6.45, 7) is 15.3. The Morgan fingerprint density at radius 3 is 2.03 bits per heavy atom. The fourth-order valence-corrected chi connectivity index (χ4v) is 10.6. The second kappa shape index (κ2) is 8.21. The lowest BCUT2D eigenvalue weighted by Gasteiger charge is -2.71. The highest BCUT2D eigenvalue weighted by Gasteiger charge is 2.69. The Labute approximate surface area is 207 Å². The van der Waals surface area contributed by atoms with Crippen LogP contribution in [0.1, 0.15) is 113 Å². The van der Waals surface area contributed by atoms with Gasteiger partial charge in [0.1, 0.15) is 6.10 Å². The molecule has 0 radical (unpaired) electrons. The first-order chi connectivity index (χ1) is 15.7. The molecule has 4 saturated carbocycles. The molecule has 4 fully saturated rings. The third kappa shape index (κ3) is 3.42. The number of carbonyl (C=O) groups excluding carboxylic acids is 1. The highest BCUT2D eigenvalue weighted by atomic mass is 16.5. The number of carbonyl (C=O) groups is 2. The number of esters is 1. The van der Waals surface area contributed by atoms with Gasteiger partial charge < -0.3 is 15.6 Å². The molecule has 0 aromatic rings. The van der Waals surface area contributed by atoms with E-state index in [1.165, 1.54) is 6.92 Å². The topological polar surface area (TPSA) is 89.6 Å². The zero-order chi connectivity index (χ0) is 25.3. The van der Waals surface area contributed by atoms with Crippen molar-refractivity contribution in [3.8, 4) is 0 Å². The van der Waals surface area contributed by atoms with Crippen molar-refractivity contribution in [2.24, 2.45) is 51.1 Å². The molecule has 4 aliphatic rings. The van der Waals surface area contributed by atoms with Crippen LogP contribution in [-0.4, -0.2) is 28.7 Å². The molecule has 0 saturated heterocycles. The smallest absolute Gasteiger partial charge is 0.309 e. The van der Waals surface area contributed by atoms with Crippen LogP contribution in [-0.2, 0) is 14.3 Å². The van der Waals surface area contributed by atoms with Crippen molar-refractivity contribution in [3.63, 3.8) is 0 Å². The van der Waals surface area contributed by atoms with E-state index in [0.717, 1.165) is 64.2 Å². The van der Waals surface area contributed by atoms with Gasteiger partial charge in [0.2, 0.25) is 0 Å². The summed E-state index contributed by atoms with van der Waals surface area (Å²) in [5, 5.41) is 10.2. The van der Waals surface area contributed by atoms with Crippen molar-refractivity contribution in [1.29, 1.82) is 0 Å². The van der Waals surface area contributed by atoms with E-state index in [-0.39, 0.29) is 34.2 Å². The van der Waals surface area contributed by atoms with Gasteiger partial charge in [-0.25, -0.2) is 0 Å². The zero-order valence-electron chi connectivity index (χ0n) is 22.7. The summed E-state index contributed by atoms with van der Waals surface area (Å²) in [6, 6.07) is 0. The van der Waals surface area contributed by atoms with Crippen molar-refractivity contribution in [3.05, 3.63) is 0 Å². The van der Waals surface area contributed by atoms with Crippen LogP contribution < -0.4 is 5.73 Å². The summed E-state index contributed by atoms with van der Waals surface area (Å²) in [5.41, 5.74) is 6.58. The minimum absolute atomic E-state index is 0.00971. The van der Waals surface area contributed by atoms with Gasteiger partial charge in [0.15, 0.2) is 0 Å². The maximum Gasteiger partial charge on any atom is 0.309 e. The number of ether oxygens (including phenoxy) is 1. The molecule has 0 aliphatic heterocycles. The largest absolute Gasteiger partial charge is 0.481 e. The van der Waals surface area contributed by atoms with Crippen molar-refractivity contribution in [1.82, 2.24) is 0 Å². The summed E-state index contributed by atoms with van der Waals surface area (Å²) >= 11 is 0. The van der Waals surface area contributed by atoms with Crippen LogP contribution in [0.25, 0.3) is 0 Å². The number of aliphatic carboxylic acids is 1. The SMILES string of the molecule is CCCC1C(C)(C(=O)O)CCC2C3(C)CCC4C(C)(C)C(OC(C)=O)CCC4(C)C3CCC12N. The summed E-state index contributed by atoms with van der Waals surface area (Å²) in [5.74, 6) is 0.659. The molecule has 0 heterocycles. The number of carboxylic acid groups (broad SMARTS) is 1. The summed E-state index contributed by atoms with van der Waals surface area (Å²) in [6.07, 6.45) is 9.83. The van der Waals surface area contributed by atoms with E-state index in [2.05, 4.69) is 34.6 Å². The molecule has 0 aromatic heterocycles. The fraction of sp³-hybridized carbons (Fsp3) is 0.931. The molecule has 4 aliphatic carbocycles. The van der Waals surface area contributed by atoms with Gasteiger partial charge in [0.05, 0.1) is 5.41 Å². The van der Waals surface area contributed by atoms with Gasteiger partial charge in [-0.05, 0) is 99.2 Å². The van der Waals surface area contributed by atoms with Crippen molar-refractivity contribution >= 4 is 11.9 Å². The van der Waals surface area contributed by atoms with E-state index in [4.69, 9.17) is 10.5 Å². The number of nitrogens with two attached hydrogens (primary N) is 1. The molecule has 9 atom stereocenters. The van der Waals surface area contributed by atoms with Crippen molar-refractivity contribution in [2.75, 3.05) is 0 Å². The van der Waals surface area contributed by atoms with Crippen LogP contribution in [0.4, 0.5) is 0 Å². The Bertz CT molecular complexity index is 840. The number of rotatable bonds is 4. The molecule has 5 heteroatoms. The van der Waals surface area contributed by atoms with Crippen LogP contribution in [0.2, 0.25) is 0 Å². The second-order valence-electron chi connectivity index (χ2n) is 13.9. The minimum Gasteiger partial charge on any atom is -0.481 e. The molecule has 4 rings (SSSR count). The van der Waals surface area contributed by atoms with Crippen LogP contribution >= 0.6 is 0 Å². The number of hydrogen-bond acceptors (Lipinski definition) is 4. The molecular weight excluding hydrogens is 426 g/mol. The lowest BCUT2D eigenvalue weighted by Crippen LogP contribution is -2.72. The summed E-state index contributed by atoms with van der Waals surface area (Å²) < 4.78 is 5.84. The molecule has 194 valence electrons. The number of carboxylic acids is 1. The van der Waals surface area contributed by atoms with Gasteiger partial charge in [-0.15, -0.1) is 0 Å². The van der Waals surface area contributed by atoms with Gasteiger partial charge in [-0.3, -0.25) is 9.59 Å². The van der Waals surface area contributed by atoms with Crippen molar-refractivity contribution in [2.45, 2.75) is 124 Å². The third-order valence-corrected chi connectivity index (χ3v) is 12.1. The minimum atomic E-state index is -0.727. The Kier molecular flexibility index (Phi) is 6.27. The fourth-order valence-electron chi connectivity index (χ4n) is 10.6. The second-order valence-corrected chi connectivity index (χ2v) is 13.9. The third-order valence-electron chi connectivity index (χ3n) is 12.1. The van der Waals surface area contributed by atoms with Crippen LogP contribution in [0, 0.1) is 45.3 Å². The lowest BCUT2D eigenvalue weighted by molar-refractivity contribution is -0.227. The first kappa shape index (κ1) is 26.0. The highest BCUT2D eigenvalue weighted by molar-refractivity contribution is 5.75. The van der Waals surface area contributed by atoms with E-state index < -0.39 is 16.9 Å². The molecule has 34 heavy (non-hydrogen) atoms. The molecule has 0 amide bonds. The normalized spacial score (nSPS) is 49.8. The van der Waals surface area contributed by atoms with E-state index in [1.807, 2.05) is 6.92 Å². The van der Waals surface area contributed by atoms with E-state index in [1.54, 1.807) is 0 Å². The molecule has 0 spiro atoms. The van der Waals surface area contributed by atoms with Gasteiger partial charge in [-0.1, -0.05) is 41.0 Å². The van der Waals surface area contributed by atoms with Gasteiger partial charge in [0.25, 0.3) is 0 Å². The monoisotopic (exact) mass is 475 g/mol. The standard InChI is InChI=1S/C29H49NO4/c1-8-9-21-28(7,24(32)33)15-11-22-27(6)14-10-19-25(3,4)23(34-18(2)31)13-16-26(19,5)20(27)12-17-29(21,22)30/h19-23H,8-17,30H2,1-7H3,(H,32,33). The maximum atomic E-state index is 12.5. The Morgan fingerprint density at radius 1 is 0.882 bits per heavy atom. The molecule has 0 bridgehead atoms. The summed E-state index contributed by atoms with van der Waals surface area (Å²) in [7, 11) is 0. The molecular formula is C29H49NO4. The van der Waals surface area contributed by atoms with Crippen molar-refractivity contribution < 1.29 is 19.4 Å². The number of hydrogen-bond donors (Lipinski definition) is 2. The quantitative estimate of drug-likeness (QED) is 0.474. The average molecular weight is 476 g/mol. The first-order valence-electron chi connectivity index (χ1n) is 13.9. The maximum absolute atomic E-state index is 12.5. The Morgan fingerprint density at radius 2 is 1.44 bits per heavy atom. The first-order valence-corrected chi connectivity index (χ1v) is 13.9. The average Bonchev–Trinajstić information content (AvgIpc) is 2.72. The zero-order valence-corrected chi connectivity index (χ0v) is 22.7. The summed E-state index contributed by atoms with van der Waals surface area (Å²) in [4.78, 5) is 24.3. The van der Waals surface area contributed by atoms with Crippen LogP contribution in [0.15, 0.2) is 0 Å². The highest BCUT2D eigenvalue weighted by Crippen LogP contribution is 2.72. The Hall–Kier alpha value is -1.10. The van der Waals surface area contributed by atoms with E-state index in [9.17, 15) is 14.7 Å². The molecule has 3 N–H and O–H groups in total. The molecule has 0 aromatic carbocycles. The number of fused-ring (bicyclic) bond motifs is 5. The van der Waals surface area contributed by atoms with Gasteiger partial charge >= 0.3 is 11.9 Å². The van der Waals surface area contributed by atoms with E-state index >= 15 is 0 Å². The predicted molar refractivity (Wildman–Crippen MR) is 134 cm³/mol. The predicted octanol–water partition coefficient (Wildman–Crippen LogP) is 6.19. The Balaban J connectivity index is 1.69. The lowest BCUT2D eigenvalue weighted by atomic mass is 9.34. The molecule has 9 unspecified atom stereocenters. The van der Waals surface area contributed by atoms with E-state index in [0.29, 0.717) is 17.8 Å². The molecule has 5 nitrogen and oxygen atoms in total. The van der Waals surface area contributed by atoms with Gasteiger partial charge in [0, 0.05) is 17.9 Å². The van der Waals surface area contributed by atoms with Crippen LogP contribution in [0.3, 0.4) is 0 Å². The van der Waals surface area contributed by atoms with Crippen LogP contribution in [0.5, 0.6) is 0 Å².